The average Bonchev–Trinajstić information content (AvgIpc) is 3.97. The molecule has 0 saturated heterocycles. The van der Waals surface area contributed by atoms with Crippen LogP contribution < -0.4 is 14.3 Å². The topological polar surface area (TPSA) is 25.8 Å². The van der Waals surface area contributed by atoms with E-state index in [2.05, 4.69) is 195 Å². The van der Waals surface area contributed by atoms with Crippen molar-refractivity contribution in [3.63, 3.8) is 0 Å². The van der Waals surface area contributed by atoms with Gasteiger partial charge in [-0.05, 0) is 91.1 Å². The first-order chi connectivity index (χ1) is 27.9. The van der Waals surface area contributed by atoms with Gasteiger partial charge in [0, 0.05) is 42.2 Å². The highest BCUT2D eigenvalue weighted by atomic mass is 32.1. The smallest absolute Gasteiger partial charge is 0.364 e. The Labute approximate surface area is 343 Å². The van der Waals surface area contributed by atoms with Crippen LogP contribution in [-0.4, -0.2) is 12.6 Å². The van der Waals surface area contributed by atoms with Crippen LogP contribution in [0.2, 0.25) is 19.6 Å². The number of rotatable bonds is 3. The molecule has 0 saturated carbocycles. The minimum absolute atomic E-state index is 0.150. The molecule has 282 valence electrons. The van der Waals surface area contributed by atoms with Gasteiger partial charge in [0.1, 0.15) is 16.8 Å². The van der Waals surface area contributed by atoms with E-state index in [0.717, 1.165) is 45.4 Å². The van der Waals surface area contributed by atoms with Gasteiger partial charge in [0.25, 0.3) is 0 Å². The Balaban J connectivity index is 1.30. The minimum Gasteiger partial charge on any atom is -0.455 e. The van der Waals surface area contributed by atoms with Crippen molar-refractivity contribution in [2.45, 2.75) is 59.4 Å². The van der Waals surface area contributed by atoms with Crippen molar-refractivity contribution >= 4 is 77.7 Å². The number of para-hydroxylation sites is 3. The van der Waals surface area contributed by atoms with Gasteiger partial charge in [-0.3, -0.25) is 0 Å². The molecule has 1 atom stereocenters. The van der Waals surface area contributed by atoms with Crippen LogP contribution in [0.5, 0.6) is 0 Å². The van der Waals surface area contributed by atoms with E-state index in [0.29, 0.717) is 0 Å². The molecule has 2 aliphatic heterocycles. The maximum atomic E-state index is 7.08. The quantitative estimate of drug-likeness (QED) is 0.129. The van der Waals surface area contributed by atoms with Crippen LogP contribution in [0.25, 0.3) is 81.5 Å². The largest absolute Gasteiger partial charge is 0.455 e. The van der Waals surface area contributed by atoms with Crippen molar-refractivity contribution in [3.05, 3.63) is 156 Å². The lowest BCUT2D eigenvalue weighted by Gasteiger charge is -2.26. The molecule has 0 amide bonds. The fraction of sp³-hybridized carbons (Fsp3) is 0.192. The van der Waals surface area contributed by atoms with Crippen LogP contribution in [-0.2, 0) is 12.1 Å². The Morgan fingerprint density at radius 2 is 1.48 bits per heavy atom. The number of fused-ring (bicyclic) bond motifs is 19. The van der Waals surface area contributed by atoms with Gasteiger partial charge in [-0.2, -0.15) is 4.57 Å². The van der Waals surface area contributed by atoms with Crippen LogP contribution in [0.4, 0.5) is 0 Å². The van der Waals surface area contributed by atoms with E-state index in [1.165, 1.54) is 69.9 Å². The van der Waals surface area contributed by atoms with Crippen LogP contribution in [0.3, 0.4) is 0 Å². The lowest BCUT2D eigenvalue weighted by Crippen LogP contribution is -2.72. The number of pyridine rings is 1. The van der Waals surface area contributed by atoms with Gasteiger partial charge in [0.2, 0.25) is 5.69 Å². The molecule has 0 bridgehead atoms. The van der Waals surface area contributed by atoms with Gasteiger partial charge in [-0.15, -0.1) is 20.5 Å². The maximum Gasteiger partial charge on any atom is 0.364 e. The first-order valence-corrected chi connectivity index (χ1v) is 24.9. The third kappa shape index (κ3) is 4.45. The molecule has 0 radical (unpaired) electrons. The highest BCUT2D eigenvalue weighted by Gasteiger charge is 2.67. The zero-order valence-corrected chi connectivity index (χ0v) is 35.9. The molecule has 58 heavy (non-hydrogen) atoms. The van der Waals surface area contributed by atoms with Crippen molar-refractivity contribution in [3.8, 4) is 28.3 Å². The Hall–Kier alpha value is -5.82. The number of imidazole rings is 1. The zero-order valence-electron chi connectivity index (χ0n) is 34.1. The fourth-order valence-electron chi connectivity index (χ4n) is 10.5. The first kappa shape index (κ1) is 34.2. The summed E-state index contributed by atoms with van der Waals surface area (Å²) >= 11 is 1.87. The molecule has 1 spiro atoms. The standard InChI is InChI=1S/C52H45N3OSSi/c1-31-20-22-37-40(26-31)52(53-30-47(58(5,6)7)32(27-43(37)53)29-51(2,3)4)39-24-23-36-34-14-8-12-18-44(34)56-49(36)48(39)50-54(41-16-10-11-17-42(41)55(50)52)33-21-25-46-38(28-33)35-15-9-13-19-45(35)57-46/h8-28,30H,29H2,1-7H3/q+2. The molecular formula is C52H45N3OSSi+2. The summed E-state index contributed by atoms with van der Waals surface area (Å²) in [5.74, 6) is 1.14. The predicted molar refractivity (Wildman–Crippen MR) is 244 cm³/mol. The normalized spacial score (nSPS) is 16.0. The molecule has 4 nitrogen and oxygen atoms in total. The van der Waals surface area contributed by atoms with E-state index in [9.17, 15) is 0 Å². The fourth-order valence-corrected chi connectivity index (χ4v) is 13.2. The number of aromatic nitrogens is 3. The van der Waals surface area contributed by atoms with E-state index >= 15 is 0 Å². The first-order valence-electron chi connectivity index (χ1n) is 20.6. The van der Waals surface area contributed by atoms with Gasteiger partial charge in [0.05, 0.1) is 24.8 Å². The second kappa shape index (κ2) is 11.4. The molecule has 0 aliphatic carbocycles. The lowest BCUT2D eigenvalue weighted by molar-refractivity contribution is -0.944. The van der Waals surface area contributed by atoms with Gasteiger partial charge in [0.15, 0.2) is 22.8 Å². The van der Waals surface area contributed by atoms with Crippen LogP contribution in [0, 0.1) is 12.3 Å². The monoisotopic (exact) mass is 787 g/mol. The van der Waals surface area contributed by atoms with Crippen molar-refractivity contribution in [1.29, 1.82) is 0 Å². The van der Waals surface area contributed by atoms with Crippen molar-refractivity contribution < 1.29 is 13.6 Å². The summed E-state index contributed by atoms with van der Waals surface area (Å²) in [6.07, 6.45) is 3.62. The van der Waals surface area contributed by atoms with Gasteiger partial charge < -0.3 is 4.42 Å². The number of benzene rings is 6. The molecular weight excluding hydrogens is 743 g/mol. The van der Waals surface area contributed by atoms with E-state index < -0.39 is 13.7 Å². The second-order valence-corrected chi connectivity index (χ2v) is 25.0. The lowest BCUT2D eigenvalue weighted by atomic mass is 9.87. The van der Waals surface area contributed by atoms with E-state index in [-0.39, 0.29) is 5.41 Å². The summed E-state index contributed by atoms with van der Waals surface area (Å²) in [6.45, 7) is 16.9. The SMILES string of the molecule is Cc1ccc2c(c1)C1(c3ccc4c(oc5ccccc54)c3-c3n(-c4ccc5sc6ccccc6c5c4)c4ccccc4[n+]31)[n+]1cc([Si](C)(C)C)c(CC(C)(C)C)cc1-2. The highest BCUT2D eigenvalue weighted by molar-refractivity contribution is 7.25. The number of hydrogen-bond donors (Lipinski definition) is 0. The summed E-state index contributed by atoms with van der Waals surface area (Å²) in [4.78, 5) is 0. The van der Waals surface area contributed by atoms with Crippen LogP contribution in [0.15, 0.2) is 138 Å². The van der Waals surface area contributed by atoms with E-state index in [4.69, 9.17) is 4.42 Å². The second-order valence-electron chi connectivity index (χ2n) is 18.9. The maximum absolute atomic E-state index is 7.08. The average molecular weight is 788 g/mol. The Kier molecular flexibility index (Phi) is 6.75. The summed E-state index contributed by atoms with van der Waals surface area (Å²) in [5.41, 5.74) is 13.8. The Morgan fingerprint density at radius 3 is 2.31 bits per heavy atom. The molecule has 0 fully saturated rings. The van der Waals surface area contributed by atoms with Crippen molar-refractivity contribution in [2.75, 3.05) is 0 Å². The molecule has 12 rings (SSSR count). The van der Waals surface area contributed by atoms with E-state index in [1.54, 1.807) is 0 Å². The molecule has 6 heteroatoms. The number of hydrogen-bond acceptors (Lipinski definition) is 2. The molecule has 10 aromatic rings. The molecule has 6 aromatic carbocycles. The summed E-state index contributed by atoms with van der Waals surface area (Å²) in [6, 6.07) is 47.9. The van der Waals surface area contributed by atoms with Gasteiger partial charge >= 0.3 is 11.5 Å². The molecule has 4 aromatic heterocycles. The highest BCUT2D eigenvalue weighted by Crippen LogP contribution is 2.53. The summed E-state index contributed by atoms with van der Waals surface area (Å²) in [7, 11) is -1.85. The van der Waals surface area contributed by atoms with Gasteiger partial charge in [-0.1, -0.05) is 101 Å². The van der Waals surface area contributed by atoms with Crippen LogP contribution >= 0.6 is 11.3 Å². The Morgan fingerprint density at radius 1 is 0.724 bits per heavy atom. The number of thiophene rings is 1. The summed E-state index contributed by atoms with van der Waals surface area (Å²) < 4.78 is 17.6. The minimum atomic E-state index is -1.85. The molecule has 2 aliphatic rings. The number of aryl methyl sites for hydroxylation is 1. The third-order valence-corrected chi connectivity index (χ3v) is 16.0. The summed E-state index contributed by atoms with van der Waals surface area (Å²) in [5, 5.41) is 6.40. The third-order valence-electron chi connectivity index (χ3n) is 12.8. The molecule has 0 N–H and O–H groups in total. The van der Waals surface area contributed by atoms with Crippen molar-refractivity contribution in [1.82, 2.24) is 4.57 Å². The number of nitrogens with zero attached hydrogens (tertiary/aromatic N) is 3. The molecule has 6 heterocycles. The van der Waals surface area contributed by atoms with Gasteiger partial charge in [-0.25, -0.2) is 0 Å². The predicted octanol–water partition coefficient (Wildman–Crippen LogP) is 12.2. The zero-order chi connectivity index (χ0) is 39.5. The Bertz CT molecular complexity index is 3420. The van der Waals surface area contributed by atoms with E-state index in [1.807, 2.05) is 11.3 Å². The van der Waals surface area contributed by atoms with Crippen molar-refractivity contribution in [2.24, 2.45) is 5.41 Å². The van der Waals surface area contributed by atoms with Crippen LogP contribution in [0.1, 0.15) is 43.0 Å². The number of furan rings is 1. The molecule has 1 unspecified atom stereocenters.